The SMILES string of the molecule is Cc1ccccc1Cn1nnnc1-c1cc(N)ccc1Cl. The van der Waals surface area contributed by atoms with E-state index in [1.807, 2.05) is 12.1 Å². The second-order valence-corrected chi connectivity index (χ2v) is 5.23. The van der Waals surface area contributed by atoms with Crippen molar-refractivity contribution in [1.82, 2.24) is 20.2 Å². The van der Waals surface area contributed by atoms with Gasteiger partial charge in [-0.15, -0.1) is 5.10 Å². The topological polar surface area (TPSA) is 69.6 Å². The molecule has 0 aliphatic heterocycles. The van der Waals surface area contributed by atoms with E-state index in [0.717, 1.165) is 11.1 Å². The maximum Gasteiger partial charge on any atom is 0.183 e. The van der Waals surface area contributed by atoms with E-state index in [4.69, 9.17) is 17.3 Å². The number of benzene rings is 2. The van der Waals surface area contributed by atoms with Gasteiger partial charge in [0, 0.05) is 11.3 Å². The zero-order valence-corrected chi connectivity index (χ0v) is 12.2. The Bertz CT molecular complexity index is 781. The molecular formula is C15H14ClN5. The standard InChI is InChI=1S/C15H14ClN5/c1-10-4-2-3-5-11(10)9-21-15(18-19-20-21)13-8-12(17)6-7-14(13)16/h2-8H,9,17H2,1H3. The molecule has 0 saturated heterocycles. The van der Waals surface area contributed by atoms with Crippen LogP contribution in [0.25, 0.3) is 11.4 Å². The number of aryl methyl sites for hydroxylation is 1. The number of nitrogens with two attached hydrogens (primary N) is 1. The zero-order valence-electron chi connectivity index (χ0n) is 11.5. The van der Waals surface area contributed by atoms with Gasteiger partial charge in [-0.25, -0.2) is 4.68 Å². The summed E-state index contributed by atoms with van der Waals surface area (Å²) in [5.41, 5.74) is 9.53. The van der Waals surface area contributed by atoms with Crippen LogP contribution in [0.4, 0.5) is 5.69 Å². The molecule has 0 bridgehead atoms. The molecule has 3 rings (SSSR count). The van der Waals surface area contributed by atoms with Gasteiger partial charge in [0.1, 0.15) is 0 Å². The fourth-order valence-corrected chi connectivity index (χ4v) is 2.37. The predicted molar refractivity (Wildman–Crippen MR) is 83.0 cm³/mol. The highest BCUT2D eigenvalue weighted by Crippen LogP contribution is 2.28. The van der Waals surface area contributed by atoms with Crippen LogP contribution in [-0.2, 0) is 6.54 Å². The van der Waals surface area contributed by atoms with Crippen LogP contribution in [0.2, 0.25) is 5.02 Å². The molecule has 0 amide bonds. The minimum absolute atomic E-state index is 0.574. The quantitative estimate of drug-likeness (QED) is 0.755. The molecule has 5 nitrogen and oxygen atoms in total. The van der Waals surface area contributed by atoms with Gasteiger partial charge in [0.25, 0.3) is 0 Å². The van der Waals surface area contributed by atoms with E-state index in [0.29, 0.717) is 23.1 Å². The summed E-state index contributed by atoms with van der Waals surface area (Å²) in [5.74, 6) is 0.607. The average Bonchev–Trinajstić information content (AvgIpc) is 2.92. The summed E-state index contributed by atoms with van der Waals surface area (Å²) in [5, 5.41) is 12.5. The first kappa shape index (κ1) is 13.6. The molecule has 0 spiro atoms. The van der Waals surface area contributed by atoms with Gasteiger partial charge in [0.05, 0.1) is 11.6 Å². The highest BCUT2D eigenvalue weighted by atomic mass is 35.5. The molecule has 21 heavy (non-hydrogen) atoms. The van der Waals surface area contributed by atoms with Crippen molar-refractivity contribution in [2.75, 3.05) is 5.73 Å². The summed E-state index contributed by atoms with van der Waals surface area (Å²) in [6, 6.07) is 13.4. The molecule has 6 heteroatoms. The summed E-state index contributed by atoms with van der Waals surface area (Å²) in [6.45, 7) is 2.65. The number of halogens is 1. The van der Waals surface area contributed by atoms with Gasteiger partial charge < -0.3 is 5.73 Å². The summed E-state index contributed by atoms with van der Waals surface area (Å²) >= 11 is 6.23. The van der Waals surface area contributed by atoms with Crippen LogP contribution in [0.3, 0.4) is 0 Å². The lowest BCUT2D eigenvalue weighted by Gasteiger charge is -2.09. The number of tetrazole rings is 1. The van der Waals surface area contributed by atoms with Crippen molar-refractivity contribution in [2.24, 2.45) is 0 Å². The Morgan fingerprint density at radius 2 is 2.00 bits per heavy atom. The first-order chi connectivity index (χ1) is 10.1. The molecule has 0 atom stereocenters. The third-order valence-electron chi connectivity index (χ3n) is 3.34. The minimum atomic E-state index is 0.574. The molecule has 0 aliphatic carbocycles. The Morgan fingerprint density at radius 1 is 1.19 bits per heavy atom. The molecule has 0 saturated carbocycles. The average molecular weight is 300 g/mol. The van der Waals surface area contributed by atoms with Crippen molar-refractivity contribution in [3.05, 3.63) is 58.6 Å². The van der Waals surface area contributed by atoms with Crippen LogP contribution in [-0.4, -0.2) is 20.2 Å². The lowest BCUT2D eigenvalue weighted by atomic mass is 10.1. The van der Waals surface area contributed by atoms with E-state index in [-0.39, 0.29) is 0 Å². The molecule has 2 N–H and O–H groups in total. The van der Waals surface area contributed by atoms with Gasteiger partial charge in [-0.05, 0) is 46.7 Å². The fraction of sp³-hybridized carbons (Fsp3) is 0.133. The van der Waals surface area contributed by atoms with E-state index >= 15 is 0 Å². The summed E-state index contributed by atoms with van der Waals surface area (Å²) < 4.78 is 1.73. The largest absolute Gasteiger partial charge is 0.399 e. The van der Waals surface area contributed by atoms with Gasteiger partial charge in [-0.2, -0.15) is 0 Å². The second-order valence-electron chi connectivity index (χ2n) is 4.83. The predicted octanol–water partition coefficient (Wildman–Crippen LogP) is 2.93. The Hall–Kier alpha value is -2.40. The lowest BCUT2D eigenvalue weighted by Crippen LogP contribution is -2.06. The fourth-order valence-electron chi connectivity index (χ4n) is 2.17. The van der Waals surface area contributed by atoms with Gasteiger partial charge >= 0.3 is 0 Å². The molecule has 0 fully saturated rings. The molecule has 106 valence electrons. The summed E-state index contributed by atoms with van der Waals surface area (Å²) in [7, 11) is 0. The van der Waals surface area contributed by atoms with Gasteiger partial charge in [0.2, 0.25) is 0 Å². The lowest BCUT2D eigenvalue weighted by molar-refractivity contribution is 0.651. The van der Waals surface area contributed by atoms with Crippen LogP contribution < -0.4 is 5.73 Å². The molecule has 0 aliphatic rings. The van der Waals surface area contributed by atoms with Crippen molar-refractivity contribution < 1.29 is 0 Å². The van der Waals surface area contributed by atoms with Gasteiger partial charge in [-0.3, -0.25) is 0 Å². The number of nitrogens with zero attached hydrogens (tertiary/aromatic N) is 4. The maximum atomic E-state index is 6.23. The van der Waals surface area contributed by atoms with Gasteiger partial charge in [-0.1, -0.05) is 35.9 Å². The first-order valence-electron chi connectivity index (χ1n) is 6.51. The minimum Gasteiger partial charge on any atom is -0.399 e. The Labute approximate surface area is 127 Å². The number of rotatable bonds is 3. The van der Waals surface area contributed by atoms with Crippen molar-refractivity contribution in [3.63, 3.8) is 0 Å². The number of nitrogen functional groups attached to an aromatic ring is 1. The molecule has 0 radical (unpaired) electrons. The van der Waals surface area contributed by atoms with Crippen LogP contribution in [0.15, 0.2) is 42.5 Å². The Kier molecular flexibility index (Phi) is 3.58. The van der Waals surface area contributed by atoms with E-state index in [1.165, 1.54) is 5.56 Å². The number of anilines is 1. The number of aromatic nitrogens is 4. The number of hydrogen-bond donors (Lipinski definition) is 1. The molecule has 3 aromatic rings. The van der Waals surface area contributed by atoms with Crippen LogP contribution in [0.1, 0.15) is 11.1 Å². The van der Waals surface area contributed by atoms with Crippen molar-refractivity contribution in [1.29, 1.82) is 0 Å². The van der Waals surface area contributed by atoms with Crippen molar-refractivity contribution in [2.45, 2.75) is 13.5 Å². The summed E-state index contributed by atoms with van der Waals surface area (Å²) in [6.07, 6.45) is 0. The van der Waals surface area contributed by atoms with Crippen molar-refractivity contribution >= 4 is 17.3 Å². The molecule has 2 aromatic carbocycles. The smallest absolute Gasteiger partial charge is 0.183 e. The third-order valence-corrected chi connectivity index (χ3v) is 3.67. The van der Waals surface area contributed by atoms with E-state index in [9.17, 15) is 0 Å². The second kappa shape index (κ2) is 5.54. The third kappa shape index (κ3) is 2.73. The maximum absolute atomic E-state index is 6.23. The van der Waals surface area contributed by atoms with Gasteiger partial charge in [0.15, 0.2) is 5.82 Å². The normalized spacial score (nSPS) is 10.8. The van der Waals surface area contributed by atoms with Crippen LogP contribution >= 0.6 is 11.6 Å². The van der Waals surface area contributed by atoms with E-state index in [2.05, 4.69) is 34.6 Å². The molecular weight excluding hydrogens is 286 g/mol. The van der Waals surface area contributed by atoms with Crippen LogP contribution in [0.5, 0.6) is 0 Å². The molecule has 0 unspecified atom stereocenters. The first-order valence-corrected chi connectivity index (χ1v) is 6.89. The Balaban J connectivity index is 2.02. The zero-order chi connectivity index (χ0) is 14.8. The monoisotopic (exact) mass is 299 g/mol. The Morgan fingerprint density at radius 3 is 2.81 bits per heavy atom. The van der Waals surface area contributed by atoms with E-state index < -0.39 is 0 Å². The van der Waals surface area contributed by atoms with E-state index in [1.54, 1.807) is 22.9 Å². The summed E-state index contributed by atoms with van der Waals surface area (Å²) in [4.78, 5) is 0. The van der Waals surface area contributed by atoms with Crippen LogP contribution in [0, 0.1) is 6.92 Å². The highest BCUT2D eigenvalue weighted by molar-refractivity contribution is 6.33. The number of hydrogen-bond acceptors (Lipinski definition) is 4. The molecule has 1 heterocycles. The highest BCUT2D eigenvalue weighted by Gasteiger charge is 2.13. The van der Waals surface area contributed by atoms with Crippen molar-refractivity contribution in [3.8, 4) is 11.4 Å². The molecule has 1 aromatic heterocycles.